The van der Waals surface area contributed by atoms with E-state index in [1.54, 1.807) is 26.0 Å². The maximum atomic E-state index is 12.0. The number of carbonyl (C=O) groups excluding carboxylic acids is 1. The third kappa shape index (κ3) is 5.87. The Hall–Kier alpha value is -2.29. The van der Waals surface area contributed by atoms with Gasteiger partial charge in [-0.15, -0.1) is 24.0 Å². The van der Waals surface area contributed by atoms with Crippen molar-refractivity contribution in [2.24, 2.45) is 4.99 Å². The Morgan fingerprint density at radius 3 is 2.47 bits per heavy atom. The Balaban J connectivity index is 0.00000320. The van der Waals surface area contributed by atoms with Gasteiger partial charge in [0.05, 0.1) is 6.04 Å². The van der Waals surface area contributed by atoms with Crippen molar-refractivity contribution < 1.29 is 9.53 Å². The summed E-state index contributed by atoms with van der Waals surface area (Å²) < 4.78 is 6.11. The first kappa shape index (κ1) is 24.0. The van der Waals surface area contributed by atoms with Gasteiger partial charge in [-0.3, -0.25) is 9.79 Å². The molecule has 30 heavy (non-hydrogen) atoms. The van der Waals surface area contributed by atoms with E-state index in [1.165, 1.54) is 0 Å². The minimum absolute atomic E-state index is 0. The number of hydrogen-bond acceptors (Lipinski definition) is 3. The van der Waals surface area contributed by atoms with Crippen molar-refractivity contribution in [2.45, 2.75) is 38.5 Å². The Morgan fingerprint density at radius 2 is 1.83 bits per heavy atom. The molecule has 0 saturated carbocycles. The topological polar surface area (TPSA) is 66.0 Å². The lowest BCUT2D eigenvalue weighted by Gasteiger charge is -2.38. The molecule has 6 nitrogen and oxygen atoms in total. The van der Waals surface area contributed by atoms with Gasteiger partial charge >= 0.3 is 0 Å². The number of halogens is 1. The number of amides is 1. The van der Waals surface area contributed by atoms with Crippen LogP contribution < -0.4 is 15.4 Å². The van der Waals surface area contributed by atoms with E-state index in [0.717, 1.165) is 29.3 Å². The molecular weight excluding hydrogens is 491 g/mol. The zero-order valence-corrected chi connectivity index (χ0v) is 20.6. The number of carbonyl (C=O) groups is 1. The molecule has 0 aliphatic carbocycles. The molecule has 2 aromatic carbocycles. The molecule has 2 aromatic rings. The van der Waals surface area contributed by atoms with Crippen LogP contribution in [-0.2, 0) is 6.54 Å². The first-order chi connectivity index (χ1) is 13.8. The van der Waals surface area contributed by atoms with Crippen LogP contribution in [0.15, 0.2) is 53.5 Å². The summed E-state index contributed by atoms with van der Waals surface area (Å²) in [5.41, 5.74) is 2.65. The van der Waals surface area contributed by atoms with Crippen molar-refractivity contribution in [1.82, 2.24) is 15.5 Å². The molecule has 0 fully saturated rings. The normalized spacial score (nSPS) is 17.1. The number of guanidine groups is 1. The van der Waals surface area contributed by atoms with Crippen LogP contribution in [0.5, 0.6) is 5.75 Å². The number of nitrogens with one attached hydrogen (secondary N) is 2. The van der Waals surface area contributed by atoms with Gasteiger partial charge in [-0.2, -0.15) is 0 Å². The third-order valence-corrected chi connectivity index (χ3v) is 4.98. The van der Waals surface area contributed by atoms with Gasteiger partial charge in [-0.05, 0) is 37.6 Å². The van der Waals surface area contributed by atoms with Crippen LogP contribution in [0.3, 0.4) is 0 Å². The van der Waals surface area contributed by atoms with Crippen LogP contribution in [0.4, 0.5) is 0 Å². The fraction of sp³-hybridized carbons (Fsp3) is 0.391. The van der Waals surface area contributed by atoms with E-state index in [-0.39, 0.29) is 41.5 Å². The summed E-state index contributed by atoms with van der Waals surface area (Å²) in [6.45, 7) is 4.82. The fourth-order valence-electron chi connectivity index (χ4n) is 3.50. The lowest BCUT2D eigenvalue weighted by atomic mass is 9.90. The number of benzene rings is 2. The molecule has 1 aliphatic heterocycles. The highest BCUT2D eigenvalue weighted by atomic mass is 127. The molecule has 1 amide bonds. The van der Waals surface area contributed by atoms with Crippen LogP contribution in [0.25, 0.3) is 0 Å². The number of hydrogen-bond donors (Lipinski definition) is 2. The predicted molar refractivity (Wildman–Crippen MR) is 132 cm³/mol. The number of nitrogens with zero attached hydrogens (tertiary/aromatic N) is 2. The number of fused-ring (bicyclic) bond motifs is 1. The largest absolute Gasteiger partial charge is 0.487 e. The summed E-state index contributed by atoms with van der Waals surface area (Å²) in [4.78, 5) is 18.0. The fourth-order valence-corrected chi connectivity index (χ4v) is 3.50. The average molecular weight is 522 g/mol. The van der Waals surface area contributed by atoms with E-state index < -0.39 is 0 Å². The molecule has 2 N–H and O–H groups in total. The van der Waals surface area contributed by atoms with Gasteiger partial charge in [0.25, 0.3) is 5.91 Å². The van der Waals surface area contributed by atoms with Crippen LogP contribution in [-0.4, -0.2) is 43.5 Å². The van der Waals surface area contributed by atoms with E-state index in [4.69, 9.17) is 4.74 Å². The van der Waals surface area contributed by atoms with Crippen molar-refractivity contribution >= 4 is 35.8 Å². The van der Waals surface area contributed by atoms with Crippen molar-refractivity contribution in [3.05, 3.63) is 65.2 Å². The van der Waals surface area contributed by atoms with E-state index >= 15 is 0 Å². The highest BCUT2D eigenvalue weighted by Crippen LogP contribution is 2.39. The molecule has 1 heterocycles. The van der Waals surface area contributed by atoms with Gasteiger partial charge in [-0.25, -0.2) is 0 Å². The van der Waals surface area contributed by atoms with Gasteiger partial charge < -0.3 is 20.3 Å². The molecule has 1 aliphatic rings. The first-order valence-electron chi connectivity index (χ1n) is 9.85. The second kappa shape index (κ2) is 10.1. The number of aliphatic imine (C=N–C) groups is 1. The summed E-state index contributed by atoms with van der Waals surface area (Å²) in [7, 11) is 5.27. The minimum Gasteiger partial charge on any atom is -0.487 e. The Morgan fingerprint density at radius 1 is 1.17 bits per heavy atom. The molecule has 0 radical (unpaired) electrons. The molecule has 1 unspecified atom stereocenters. The van der Waals surface area contributed by atoms with Crippen molar-refractivity contribution in [2.75, 3.05) is 21.1 Å². The van der Waals surface area contributed by atoms with Crippen molar-refractivity contribution in [3.8, 4) is 5.75 Å². The third-order valence-electron chi connectivity index (χ3n) is 4.98. The maximum Gasteiger partial charge on any atom is 0.253 e. The summed E-state index contributed by atoms with van der Waals surface area (Å²) in [6.07, 6.45) is 0.839. The van der Waals surface area contributed by atoms with Gasteiger partial charge in [0, 0.05) is 45.2 Å². The standard InChI is InChI=1S/C23H30N4O2.HI/c1-23(2)14-19(18-8-6-7-9-20(18)29-23)26-22(24-3)25-15-16-10-12-17(13-11-16)21(28)27(4)5;/h6-13,19H,14-15H2,1-5H3,(H2,24,25,26);1H. The summed E-state index contributed by atoms with van der Waals surface area (Å²) >= 11 is 0. The second-order valence-corrected chi connectivity index (χ2v) is 8.12. The van der Waals surface area contributed by atoms with E-state index in [0.29, 0.717) is 12.1 Å². The molecule has 0 spiro atoms. The van der Waals surface area contributed by atoms with Gasteiger partial charge in [0.1, 0.15) is 11.4 Å². The number of ether oxygens (including phenoxy) is 1. The van der Waals surface area contributed by atoms with Crippen LogP contribution in [0, 0.1) is 0 Å². The van der Waals surface area contributed by atoms with E-state index in [1.807, 2.05) is 42.5 Å². The lowest BCUT2D eigenvalue weighted by molar-refractivity contribution is 0.0694. The van der Waals surface area contributed by atoms with E-state index in [9.17, 15) is 4.79 Å². The molecule has 0 aromatic heterocycles. The molecule has 7 heteroatoms. The van der Waals surface area contributed by atoms with Gasteiger partial charge in [-0.1, -0.05) is 30.3 Å². The average Bonchev–Trinajstić information content (AvgIpc) is 2.69. The Kier molecular flexibility index (Phi) is 8.11. The molecule has 1 atom stereocenters. The quantitative estimate of drug-likeness (QED) is 0.363. The molecule has 0 bridgehead atoms. The van der Waals surface area contributed by atoms with Crippen molar-refractivity contribution in [1.29, 1.82) is 0 Å². The lowest BCUT2D eigenvalue weighted by Crippen LogP contribution is -2.45. The van der Waals surface area contributed by atoms with E-state index in [2.05, 4.69) is 35.5 Å². The monoisotopic (exact) mass is 522 g/mol. The number of para-hydroxylation sites is 1. The maximum absolute atomic E-state index is 12.0. The van der Waals surface area contributed by atoms with Gasteiger partial charge in [0.15, 0.2) is 5.96 Å². The summed E-state index contributed by atoms with van der Waals surface area (Å²) in [6, 6.07) is 15.9. The summed E-state index contributed by atoms with van der Waals surface area (Å²) in [5.74, 6) is 1.65. The zero-order valence-electron chi connectivity index (χ0n) is 18.2. The molecule has 162 valence electrons. The van der Waals surface area contributed by atoms with Crippen LogP contribution >= 0.6 is 24.0 Å². The smallest absolute Gasteiger partial charge is 0.253 e. The molecular formula is C23H31IN4O2. The van der Waals surface area contributed by atoms with Gasteiger partial charge in [0.2, 0.25) is 0 Å². The molecule has 3 rings (SSSR count). The number of rotatable bonds is 4. The Labute approximate surface area is 196 Å². The summed E-state index contributed by atoms with van der Waals surface area (Å²) in [5, 5.41) is 6.90. The van der Waals surface area contributed by atoms with Crippen molar-refractivity contribution in [3.63, 3.8) is 0 Å². The minimum atomic E-state index is -0.250. The predicted octanol–water partition coefficient (Wildman–Crippen LogP) is 3.97. The second-order valence-electron chi connectivity index (χ2n) is 8.12. The first-order valence-corrected chi connectivity index (χ1v) is 9.85. The highest BCUT2D eigenvalue weighted by Gasteiger charge is 2.33. The zero-order chi connectivity index (χ0) is 21.0. The molecule has 0 saturated heterocycles. The SMILES string of the molecule is CN=C(NCc1ccc(C(=O)N(C)C)cc1)NC1CC(C)(C)Oc2ccccc21.I. The van der Waals surface area contributed by atoms with Crippen LogP contribution in [0.2, 0.25) is 0 Å². The van der Waals surface area contributed by atoms with Crippen LogP contribution in [0.1, 0.15) is 47.8 Å². The highest BCUT2D eigenvalue weighted by molar-refractivity contribution is 14.0. The Bertz CT molecular complexity index is 894.